The van der Waals surface area contributed by atoms with E-state index in [1.165, 1.54) is 18.2 Å². The van der Waals surface area contributed by atoms with E-state index in [9.17, 15) is 52.0 Å². The van der Waals surface area contributed by atoms with Gasteiger partial charge in [0.05, 0.1) is 32.7 Å². The fourth-order valence-electron chi connectivity index (χ4n) is 5.18. The zero-order valence-electron chi connectivity index (χ0n) is 23.0. The number of Topliss-reactive ketones (excluding diaryl/α,β-unsaturated/α-hetero) is 1. The number of carbonyl (C=O) groups excluding carboxylic acids is 3. The second kappa shape index (κ2) is 11.4. The molecule has 1 aliphatic heterocycles. The Morgan fingerprint density at radius 1 is 1.09 bits per heavy atom. The molecule has 1 atom stereocenters. The van der Waals surface area contributed by atoms with Crippen LogP contribution in [-0.2, 0) is 11.0 Å². The average Bonchev–Trinajstić information content (AvgIpc) is 3.36. The Morgan fingerprint density at radius 2 is 1.78 bits per heavy atom. The van der Waals surface area contributed by atoms with E-state index >= 15 is 0 Å². The van der Waals surface area contributed by atoms with Gasteiger partial charge in [-0.25, -0.2) is 14.5 Å². The summed E-state index contributed by atoms with van der Waals surface area (Å²) in [5, 5.41) is 20.5. The highest BCUT2D eigenvalue weighted by atomic mass is 32.3. The first-order valence-corrected chi connectivity index (χ1v) is 14.9. The van der Waals surface area contributed by atoms with Gasteiger partial charge >= 0.3 is 18.3 Å². The summed E-state index contributed by atoms with van der Waals surface area (Å²) in [5.41, 5.74) is -2.04. The SMILES string of the molecule is CS(O)(O)c1cc(C#N)ccc1[C@@H]1C2=C(CCC2=O)N(c2cccc(C(F)(F)F)c2)C(=O)N1C(=O)Oc1ccc([N+](=O)[O-])cc1. The summed E-state index contributed by atoms with van der Waals surface area (Å²) in [6.07, 6.45) is -5.45. The van der Waals surface area contributed by atoms with Crippen LogP contribution in [0.25, 0.3) is 0 Å². The van der Waals surface area contributed by atoms with Gasteiger partial charge in [0.2, 0.25) is 0 Å². The van der Waals surface area contributed by atoms with Crippen LogP contribution < -0.4 is 9.64 Å². The number of nitro groups is 1. The number of halogens is 3. The molecule has 0 aromatic heterocycles. The molecular formula is C29H21F3N4O8S. The molecule has 1 aliphatic carbocycles. The summed E-state index contributed by atoms with van der Waals surface area (Å²) in [4.78, 5) is 52.8. The second-order valence-electron chi connectivity index (χ2n) is 10.0. The van der Waals surface area contributed by atoms with E-state index in [4.69, 9.17) is 4.74 Å². The van der Waals surface area contributed by atoms with Gasteiger partial charge in [0.25, 0.3) is 5.69 Å². The number of alkyl halides is 3. The number of nitro benzene ring substituents is 1. The molecular weight excluding hydrogens is 621 g/mol. The van der Waals surface area contributed by atoms with E-state index in [2.05, 4.69) is 0 Å². The van der Waals surface area contributed by atoms with Crippen molar-refractivity contribution in [1.82, 2.24) is 4.90 Å². The lowest BCUT2D eigenvalue weighted by atomic mass is 9.92. The first kappa shape index (κ1) is 31.2. The molecule has 2 N–H and O–H groups in total. The van der Waals surface area contributed by atoms with Crippen LogP contribution in [0.5, 0.6) is 5.75 Å². The molecule has 3 amide bonds. The Bertz CT molecular complexity index is 1830. The molecule has 45 heavy (non-hydrogen) atoms. The number of ketones is 1. The number of anilines is 1. The van der Waals surface area contributed by atoms with Crippen molar-refractivity contribution < 1.29 is 46.3 Å². The van der Waals surface area contributed by atoms with Gasteiger partial charge in [-0.3, -0.25) is 28.9 Å². The van der Waals surface area contributed by atoms with Crippen LogP contribution in [0, 0.1) is 21.4 Å². The van der Waals surface area contributed by atoms with Gasteiger partial charge < -0.3 is 4.74 Å². The maximum absolute atomic E-state index is 14.2. The highest BCUT2D eigenvalue weighted by Crippen LogP contribution is 2.53. The van der Waals surface area contributed by atoms with E-state index in [0.717, 1.165) is 53.6 Å². The quantitative estimate of drug-likeness (QED) is 0.219. The number of rotatable bonds is 5. The molecule has 0 fully saturated rings. The smallest absolute Gasteiger partial charge is 0.410 e. The number of allylic oxidation sites excluding steroid dienone is 1. The minimum absolute atomic E-state index is 0.00315. The predicted octanol–water partition coefficient (Wildman–Crippen LogP) is 7.02. The summed E-state index contributed by atoms with van der Waals surface area (Å²) < 4.78 is 67.6. The van der Waals surface area contributed by atoms with Crippen LogP contribution in [0.4, 0.5) is 34.1 Å². The van der Waals surface area contributed by atoms with Gasteiger partial charge in [-0.1, -0.05) is 12.1 Å². The number of urea groups is 1. The monoisotopic (exact) mass is 642 g/mol. The standard InChI is InChI=1S/C29H21F3N4O8S/c1-45(42,43)24-13-16(15-33)5-10-21(24)26-25-22(11-12-23(25)37)34(19-4-2-3-17(14-19)29(30,31)32)27(38)35(26)28(39)44-20-8-6-18(7-9-20)36(40)41/h2-10,13-14,26,42-43H,11-12H2,1H3/t26-/m1/s1. The number of carbonyl (C=O) groups is 3. The van der Waals surface area contributed by atoms with Crippen LogP contribution >= 0.6 is 10.6 Å². The summed E-state index contributed by atoms with van der Waals surface area (Å²) >= 11 is 0. The molecule has 232 valence electrons. The predicted molar refractivity (Wildman–Crippen MR) is 152 cm³/mol. The van der Waals surface area contributed by atoms with E-state index in [1.54, 1.807) is 0 Å². The topological polar surface area (TPSA) is 174 Å². The van der Waals surface area contributed by atoms with Gasteiger partial charge in [-0.05, 0) is 48.9 Å². The lowest BCUT2D eigenvalue weighted by molar-refractivity contribution is -0.384. The third-order valence-corrected chi connectivity index (χ3v) is 8.32. The summed E-state index contributed by atoms with van der Waals surface area (Å²) in [6, 6.07) is 10.5. The maximum atomic E-state index is 14.2. The van der Waals surface area contributed by atoms with Crippen molar-refractivity contribution >= 4 is 39.9 Å². The average molecular weight is 643 g/mol. The van der Waals surface area contributed by atoms with Crippen LogP contribution in [0.15, 0.2) is 82.9 Å². The lowest BCUT2D eigenvalue weighted by Gasteiger charge is -2.42. The zero-order valence-corrected chi connectivity index (χ0v) is 23.8. The Morgan fingerprint density at radius 3 is 2.38 bits per heavy atom. The Labute approximate surface area is 254 Å². The van der Waals surface area contributed by atoms with Crippen molar-refractivity contribution in [3.63, 3.8) is 0 Å². The number of imide groups is 1. The molecule has 3 aromatic rings. The van der Waals surface area contributed by atoms with Gasteiger partial charge in [0.15, 0.2) is 5.78 Å². The van der Waals surface area contributed by atoms with Crippen LogP contribution in [0.3, 0.4) is 0 Å². The number of hydrogen-bond donors (Lipinski definition) is 2. The molecule has 0 saturated heterocycles. The Hall–Kier alpha value is -5.24. The zero-order chi connectivity index (χ0) is 32.8. The molecule has 1 heterocycles. The van der Waals surface area contributed by atoms with Crippen LogP contribution in [0.1, 0.15) is 35.6 Å². The van der Waals surface area contributed by atoms with E-state index < -0.39 is 51.2 Å². The van der Waals surface area contributed by atoms with Crippen molar-refractivity contribution in [2.24, 2.45) is 0 Å². The minimum atomic E-state index is -4.79. The largest absolute Gasteiger partial charge is 0.424 e. The van der Waals surface area contributed by atoms with E-state index in [1.807, 2.05) is 6.07 Å². The van der Waals surface area contributed by atoms with Crippen molar-refractivity contribution in [3.05, 3.63) is 105 Å². The van der Waals surface area contributed by atoms with Gasteiger partial charge in [-0.2, -0.15) is 29.0 Å². The normalized spacial score (nSPS) is 17.2. The molecule has 0 unspecified atom stereocenters. The van der Waals surface area contributed by atoms with E-state index in [-0.39, 0.29) is 57.3 Å². The molecule has 0 bridgehead atoms. The minimum Gasteiger partial charge on any atom is -0.410 e. The third kappa shape index (κ3) is 5.83. The first-order chi connectivity index (χ1) is 21.1. The fourth-order valence-corrected chi connectivity index (χ4v) is 6.16. The van der Waals surface area contributed by atoms with Crippen molar-refractivity contribution in [2.75, 3.05) is 11.2 Å². The summed E-state index contributed by atoms with van der Waals surface area (Å²) in [7, 11) is -3.67. The number of hydrogen-bond acceptors (Lipinski definition) is 9. The maximum Gasteiger partial charge on any atom is 0.424 e. The lowest BCUT2D eigenvalue weighted by Crippen LogP contribution is -2.53. The molecule has 5 rings (SSSR count). The number of ether oxygens (including phenoxy) is 1. The molecule has 0 spiro atoms. The number of amides is 3. The molecule has 0 radical (unpaired) electrons. The number of non-ortho nitro benzene ring substituents is 1. The summed E-state index contributed by atoms with van der Waals surface area (Å²) in [6.45, 7) is 0. The Balaban J connectivity index is 1.73. The van der Waals surface area contributed by atoms with Crippen LogP contribution in [-0.4, -0.2) is 43.1 Å². The van der Waals surface area contributed by atoms with Gasteiger partial charge in [0.1, 0.15) is 11.8 Å². The molecule has 16 heteroatoms. The van der Waals surface area contributed by atoms with Crippen molar-refractivity contribution in [2.45, 2.75) is 30.0 Å². The van der Waals surface area contributed by atoms with Crippen molar-refractivity contribution in [1.29, 1.82) is 5.26 Å². The van der Waals surface area contributed by atoms with Gasteiger partial charge in [-0.15, -0.1) is 0 Å². The first-order valence-electron chi connectivity index (χ1n) is 12.9. The van der Waals surface area contributed by atoms with Gasteiger partial charge in [0, 0.05) is 41.6 Å². The second-order valence-corrected chi connectivity index (χ2v) is 12.1. The molecule has 0 saturated carbocycles. The highest BCUT2D eigenvalue weighted by molar-refractivity contribution is 8.23. The molecule has 3 aromatic carbocycles. The molecule has 2 aliphatic rings. The number of nitriles is 1. The van der Waals surface area contributed by atoms with E-state index in [0.29, 0.717) is 11.0 Å². The summed E-state index contributed by atoms with van der Waals surface area (Å²) in [5.74, 6) is -0.823. The Kier molecular flexibility index (Phi) is 7.87. The number of benzene rings is 3. The van der Waals surface area contributed by atoms with Crippen molar-refractivity contribution in [3.8, 4) is 11.8 Å². The number of nitrogens with zero attached hydrogens (tertiary/aromatic N) is 4. The highest BCUT2D eigenvalue weighted by Gasteiger charge is 2.50. The third-order valence-electron chi connectivity index (χ3n) is 7.13. The molecule has 12 nitrogen and oxygen atoms in total. The fraction of sp³-hybridized carbons (Fsp3) is 0.172. The van der Waals surface area contributed by atoms with Crippen LogP contribution in [0.2, 0.25) is 0 Å².